The van der Waals surface area contributed by atoms with Crippen LogP contribution in [0.15, 0.2) is 16.9 Å². The molecule has 1 aromatic heterocycles. The molecule has 2 aliphatic rings. The number of nitrogens with one attached hydrogen (secondary N) is 3. The third-order valence-electron chi connectivity index (χ3n) is 5.28. The molecule has 0 amide bonds. The second kappa shape index (κ2) is 9.26. The number of hydrogen-bond acceptors (Lipinski definition) is 5. The second-order valence-corrected chi connectivity index (χ2v) is 8.54. The van der Waals surface area contributed by atoms with Crippen LogP contribution in [0.4, 0.5) is 10.1 Å². The molecule has 8 heteroatoms. The van der Waals surface area contributed by atoms with Crippen molar-refractivity contribution in [1.82, 2.24) is 15.3 Å². The van der Waals surface area contributed by atoms with Crippen molar-refractivity contribution in [3.05, 3.63) is 34.1 Å². The molecule has 1 aromatic carbocycles. The van der Waals surface area contributed by atoms with Gasteiger partial charge in [0.25, 0.3) is 5.56 Å². The van der Waals surface area contributed by atoms with Crippen LogP contribution in [0.1, 0.15) is 44.3 Å². The Labute approximate surface area is 168 Å². The van der Waals surface area contributed by atoms with Crippen LogP contribution in [-0.4, -0.2) is 34.3 Å². The van der Waals surface area contributed by atoms with Gasteiger partial charge in [0.15, 0.2) is 0 Å². The van der Waals surface area contributed by atoms with E-state index in [1.54, 1.807) is 0 Å². The monoisotopic (exact) mass is 412 g/mol. The highest BCUT2D eigenvalue weighted by molar-refractivity contribution is 7.99. The Hall–Kier alpha value is -1.31. The Morgan fingerprint density at radius 3 is 2.67 bits per heavy atom. The van der Waals surface area contributed by atoms with Gasteiger partial charge in [-0.05, 0) is 50.9 Å². The molecule has 2 fully saturated rings. The first-order chi connectivity index (χ1) is 12.7. The maximum atomic E-state index is 14.5. The van der Waals surface area contributed by atoms with Crippen molar-refractivity contribution < 1.29 is 4.39 Å². The van der Waals surface area contributed by atoms with E-state index in [1.165, 1.54) is 18.9 Å². The standard InChI is InChI=1S/C19H25FN4OS.ClH/c20-15-9-13(22-12-3-1-2-4-12)10-16-18(15)19(25)24-17(23-16)11-26-14-5-7-21-8-6-14;/h9-10,12,14,21-22H,1-8,11H2,(H,23,24,25);1H. The van der Waals surface area contributed by atoms with Gasteiger partial charge < -0.3 is 15.6 Å². The molecule has 1 saturated heterocycles. The number of halogens is 2. The lowest BCUT2D eigenvalue weighted by atomic mass is 10.2. The average Bonchev–Trinajstić information content (AvgIpc) is 3.13. The number of anilines is 1. The summed E-state index contributed by atoms with van der Waals surface area (Å²) in [6.45, 7) is 2.08. The zero-order valence-electron chi connectivity index (χ0n) is 15.2. The molecule has 2 aromatic rings. The maximum absolute atomic E-state index is 14.5. The van der Waals surface area contributed by atoms with Gasteiger partial charge >= 0.3 is 0 Å². The van der Waals surface area contributed by atoms with Gasteiger partial charge in [0.05, 0.1) is 11.3 Å². The first-order valence-electron chi connectivity index (χ1n) is 9.50. The average molecular weight is 413 g/mol. The topological polar surface area (TPSA) is 69.8 Å². The molecule has 5 nitrogen and oxygen atoms in total. The van der Waals surface area contributed by atoms with E-state index in [2.05, 4.69) is 20.6 Å². The van der Waals surface area contributed by atoms with Crippen LogP contribution in [0.2, 0.25) is 0 Å². The number of aromatic amines is 1. The lowest BCUT2D eigenvalue weighted by molar-refractivity contribution is 0.531. The first kappa shape index (κ1) is 20.4. The number of nitrogens with zero attached hydrogens (tertiary/aromatic N) is 1. The molecule has 0 radical (unpaired) electrons. The third kappa shape index (κ3) is 4.95. The molecular formula is C19H26ClFN4OS. The van der Waals surface area contributed by atoms with E-state index in [0.717, 1.165) is 44.5 Å². The molecule has 2 heterocycles. The van der Waals surface area contributed by atoms with Crippen LogP contribution in [-0.2, 0) is 5.75 Å². The highest BCUT2D eigenvalue weighted by Gasteiger charge is 2.18. The molecule has 27 heavy (non-hydrogen) atoms. The molecule has 0 atom stereocenters. The molecule has 0 spiro atoms. The van der Waals surface area contributed by atoms with Gasteiger partial charge in [-0.25, -0.2) is 9.37 Å². The fourth-order valence-corrected chi connectivity index (χ4v) is 4.99. The Balaban J connectivity index is 0.00000210. The van der Waals surface area contributed by atoms with Gasteiger partial charge in [-0.1, -0.05) is 12.8 Å². The minimum Gasteiger partial charge on any atom is -0.382 e. The van der Waals surface area contributed by atoms with E-state index in [1.807, 2.05) is 17.8 Å². The van der Waals surface area contributed by atoms with Crippen LogP contribution in [0.3, 0.4) is 0 Å². The summed E-state index contributed by atoms with van der Waals surface area (Å²) in [6.07, 6.45) is 6.91. The van der Waals surface area contributed by atoms with Gasteiger partial charge in [-0.2, -0.15) is 11.8 Å². The van der Waals surface area contributed by atoms with E-state index < -0.39 is 5.82 Å². The van der Waals surface area contributed by atoms with E-state index in [9.17, 15) is 9.18 Å². The molecule has 3 N–H and O–H groups in total. The van der Waals surface area contributed by atoms with Crippen molar-refractivity contribution in [2.75, 3.05) is 18.4 Å². The van der Waals surface area contributed by atoms with Crippen LogP contribution < -0.4 is 16.2 Å². The Morgan fingerprint density at radius 1 is 1.19 bits per heavy atom. The number of aromatic nitrogens is 2. The molecule has 1 aliphatic heterocycles. The summed E-state index contributed by atoms with van der Waals surface area (Å²) in [5, 5.41) is 7.39. The van der Waals surface area contributed by atoms with Gasteiger partial charge in [0, 0.05) is 17.0 Å². The van der Waals surface area contributed by atoms with E-state index in [0.29, 0.717) is 28.4 Å². The summed E-state index contributed by atoms with van der Waals surface area (Å²) >= 11 is 1.82. The molecule has 4 rings (SSSR count). The summed E-state index contributed by atoms with van der Waals surface area (Å²) in [6, 6.07) is 3.62. The number of piperidine rings is 1. The van der Waals surface area contributed by atoms with Gasteiger partial charge in [0.1, 0.15) is 17.0 Å². The highest BCUT2D eigenvalue weighted by Crippen LogP contribution is 2.26. The number of H-pyrrole nitrogens is 1. The third-order valence-corrected chi connectivity index (χ3v) is 6.66. The highest BCUT2D eigenvalue weighted by atomic mass is 35.5. The Kier molecular flexibility index (Phi) is 7.00. The minimum absolute atomic E-state index is 0. The predicted molar refractivity (Wildman–Crippen MR) is 113 cm³/mol. The number of hydrogen-bond donors (Lipinski definition) is 3. The summed E-state index contributed by atoms with van der Waals surface area (Å²) in [7, 11) is 0. The normalized spacial score (nSPS) is 18.6. The van der Waals surface area contributed by atoms with Crippen LogP contribution in [0, 0.1) is 5.82 Å². The van der Waals surface area contributed by atoms with Crippen molar-refractivity contribution >= 4 is 40.8 Å². The minimum atomic E-state index is -0.505. The fourth-order valence-electron chi connectivity index (χ4n) is 3.89. The molecule has 0 bridgehead atoms. The zero-order valence-corrected chi connectivity index (χ0v) is 16.9. The number of fused-ring (bicyclic) bond motifs is 1. The lowest BCUT2D eigenvalue weighted by Crippen LogP contribution is -2.29. The maximum Gasteiger partial charge on any atom is 0.261 e. The lowest BCUT2D eigenvalue weighted by Gasteiger charge is -2.21. The summed E-state index contributed by atoms with van der Waals surface area (Å²) in [5.74, 6) is 0.773. The Bertz CT molecular complexity index is 834. The van der Waals surface area contributed by atoms with Crippen molar-refractivity contribution in [2.24, 2.45) is 0 Å². The van der Waals surface area contributed by atoms with Crippen molar-refractivity contribution in [3.63, 3.8) is 0 Å². The largest absolute Gasteiger partial charge is 0.382 e. The predicted octanol–water partition coefficient (Wildman–Crippen LogP) is 3.82. The first-order valence-corrected chi connectivity index (χ1v) is 10.6. The zero-order chi connectivity index (χ0) is 17.9. The van der Waals surface area contributed by atoms with E-state index in [-0.39, 0.29) is 23.4 Å². The van der Waals surface area contributed by atoms with Crippen molar-refractivity contribution in [3.8, 4) is 0 Å². The van der Waals surface area contributed by atoms with Crippen molar-refractivity contribution in [2.45, 2.75) is 55.6 Å². The fraction of sp³-hybridized carbons (Fsp3) is 0.579. The van der Waals surface area contributed by atoms with E-state index >= 15 is 0 Å². The SMILES string of the molecule is Cl.O=c1[nH]c(CSC2CCNCC2)nc2cc(NC3CCCC3)cc(F)c12. The van der Waals surface area contributed by atoms with Crippen LogP contribution in [0.5, 0.6) is 0 Å². The quantitative estimate of drug-likeness (QED) is 0.696. The molecule has 1 saturated carbocycles. The molecular weight excluding hydrogens is 387 g/mol. The van der Waals surface area contributed by atoms with Crippen molar-refractivity contribution in [1.29, 1.82) is 0 Å². The molecule has 0 unspecified atom stereocenters. The van der Waals surface area contributed by atoms with Gasteiger partial charge in [-0.3, -0.25) is 4.79 Å². The van der Waals surface area contributed by atoms with Crippen LogP contribution >= 0.6 is 24.2 Å². The smallest absolute Gasteiger partial charge is 0.261 e. The molecule has 148 valence electrons. The second-order valence-electron chi connectivity index (χ2n) is 7.25. The number of thioether (sulfide) groups is 1. The number of rotatable bonds is 5. The Morgan fingerprint density at radius 2 is 1.93 bits per heavy atom. The van der Waals surface area contributed by atoms with E-state index in [4.69, 9.17) is 0 Å². The number of benzene rings is 1. The summed E-state index contributed by atoms with van der Waals surface area (Å²) in [4.78, 5) is 19.7. The molecule has 1 aliphatic carbocycles. The van der Waals surface area contributed by atoms with Crippen LogP contribution in [0.25, 0.3) is 10.9 Å². The summed E-state index contributed by atoms with van der Waals surface area (Å²) < 4.78 is 14.5. The van der Waals surface area contributed by atoms with Gasteiger partial charge in [0.2, 0.25) is 0 Å². The van der Waals surface area contributed by atoms with Gasteiger partial charge in [-0.15, -0.1) is 12.4 Å². The summed E-state index contributed by atoms with van der Waals surface area (Å²) in [5.41, 5.74) is 0.771.